The molecular formula is C7H15NO. The number of rotatable bonds is 5. The molecule has 0 aromatic heterocycles. The summed E-state index contributed by atoms with van der Waals surface area (Å²) in [4.78, 5) is 0. The molecule has 2 N–H and O–H groups in total. The van der Waals surface area contributed by atoms with Gasteiger partial charge in [-0.3, -0.25) is 0 Å². The van der Waals surface area contributed by atoms with Crippen LogP contribution >= 0.6 is 0 Å². The highest BCUT2D eigenvalue weighted by molar-refractivity contribution is 4.88. The molecule has 0 rings (SSSR count). The highest BCUT2D eigenvalue weighted by Gasteiger charge is 1.86. The van der Waals surface area contributed by atoms with Crippen LogP contribution in [0.5, 0.6) is 0 Å². The highest BCUT2D eigenvalue weighted by atomic mass is 16.3. The molecule has 2 nitrogen and oxygen atoms in total. The van der Waals surface area contributed by atoms with Gasteiger partial charge in [0.25, 0.3) is 0 Å². The Morgan fingerprint density at radius 2 is 2.33 bits per heavy atom. The molecule has 0 saturated carbocycles. The molecule has 0 aliphatic carbocycles. The maximum absolute atomic E-state index is 8.38. The highest BCUT2D eigenvalue weighted by Crippen LogP contribution is 1.88. The van der Waals surface area contributed by atoms with Crippen LogP contribution in [-0.2, 0) is 0 Å². The van der Waals surface area contributed by atoms with E-state index in [2.05, 4.69) is 11.9 Å². The minimum absolute atomic E-state index is 0.254. The van der Waals surface area contributed by atoms with Crippen molar-refractivity contribution in [2.75, 3.05) is 13.2 Å². The molecule has 0 heterocycles. The summed E-state index contributed by atoms with van der Waals surface area (Å²) in [5, 5.41) is 11.5. The lowest BCUT2D eigenvalue weighted by Crippen LogP contribution is -2.14. The third-order valence-electron chi connectivity index (χ3n) is 1.14. The lowest BCUT2D eigenvalue weighted by atomic mass is 10.3. The van der Waals surface area contributed by atoms with Gasteiger partial charge < -0.3 is 10.4 Å². The standard InChI is InChI=1S/C7H15NO/c1-3-7(2)8-5-4-6-9/h8-9H,2-6H2,1H3. The Hall–Kier alpha value is -0.500. The molecule has 54 valence electrons. The van der Waals surface area contributed by atoms with Gasteiger partial charge in [-0.05, 0) is 12.8 Å². The maximum atomic E-state index is 8.38. The van der Waals surface area contributed by atoms with Crippen LogP contribution in [0.3, 0.4) is 0 Å². The zero-order chi connectivity index (χ0) is 7.11. The summed E-state index contributed by atoms with van der Waals surface area (Å²) in [7, 11) is 0. The first-order valence-corrected chi connectivity index (χ1v) is 3.33. The van der Waals surface area contributed by atoms with Crippen LogP contribution in [0.2, 0.25) is 0 Å². The fraction of sp³-hybridized carbons (Fsp3) is 0.714. The summed E-state index contributed by atoms with van der Waals surface area (Å²) in [6.45, 7) is 6.89. The van der Waals surface area contributed by atoms with Gasteiger partial charge in [-0.1, -0.05) is 13.5 Å². The number of aliphatic hydroxyl groups excluding tert-OH is 1. The van der Waals surface area contributed by atoms with Crippen LogP contribution in [-0.4, -0.2) is 18.3 Å². The van der Waals surface area contributed by atoms with E-state index in [9.17, 15) is 0 Å². The van der Waals surface area contributed by atoms with E-state index in [-0.39, 0.29) is 6.61 Å². The predicted molar refractivity (Wildman–Crippen MR) is 39.1 cm³/mol. The first kappa shape index (κ1) is 8.50. The zero-order valence-corrected chi connectivity index (χ0v) is 5.98. The Morgan fingerprint density at radius 3 is 2.78 bits per heavy atom. The van der Waals surface area contributed by atoms with Crippen molar-refractivity contribution in [2.45, 2.75) is 19.8 Å². The van der Waals surface area contributed by atoms with Gasteiger partial charge in [0.15, 0.2) is 0 Å². The topological polar surface area (TPSA) is 32.3 Å². The third kappa shape index (κ3) is 5.37. The molecule has 0 aliphatic rings. The summed E-state index contributed by atoms with van der Waals surface area (Å²) in [5.41, 5.74) is 1.04. The van der Waals surface area contributed by atoms with E-state index in [0.29, 0.717) is 0 Å². The predicted octanol–water partition coefficient (Wildman–Crippen LogP) is 0.882. The second-order valence-electron chi connectivity index (χ2n) is 1.96. The molecule has 0 saturated heterocycles. The van der Waals surface area contributed by atoms with Crippen molar-refractivity contribution in [3.63, 3.8) is 0 Å². The largest absolute Gasteiger partial charge is 0.396 e. The molecule has 0 spiro atoms. The van der Waals surface area contributed by atoms with Gasteiger partial charge in [0.05, 0.1) is 0 Å². The Morgan fingerprint density at radius 1 is 1.67 bits per heavy atom. The molecule has 2 heteroatoms. The summed E-state index contributed by atoms with van der Waals surface area (Å²) in [6, 6.07) is 0. The number of hydrogen-bond acceptors (Lipinski definition) is 2. The van der Waals surface area contributed by atoms with Gasteiger partial charge in [-0.15, -0.1) is 0 Å². The van der Waals surface area contributed by atoms with Gasteiger partial charge >= 0.3 is 0 Å². The van der Waals surface area contributed by atoms with Crippen molar-refractivity contribution in [1.82, 2.24) is 5.32 Å². The zero-order valence-electron chi connectivity index (χ0n) is 5.98. The Kier molecular flexibility index (Phi) is 5.32. The number of aliphatic hydroxyl groups is 1. The summed E-state index contributed by atoms with van der Waals surface area (Å²) < 4.78 is 0. The molecule has 9 heavy (non-hydrogen) atoms. The normalized spacial score (nSPS) is 9.11. The molecule has 0 radical (unpaired) electrons. The summed E-state index contributed by atoms with van der Waals surface area (Å²) >= 11 is 0. The lowest BCUT2D eigenvalue weighted by molar-refractivity contribution is 0.287. The smallest absolute Gasteiger partial charge is 0.0447 e. The molecule has 0 fully saturated rings. The monoisotopic (exact) mass is 129 g/mol. The van der Waals surface area contributed by atoms with Crippen molar-refractivity contribution < 1.29 is 5.11 Å². The molecule has 0 bridgehead atoms. The Balaban J connectivity index is 2.97. The molecule has 0 atom stereocenters. The van der Waals surface area contributed by atoms with E-state index in [1.807, 2.05) is 6.92 Å². The SMILES string of the molecule is C=C(CC)NCCCO. The molecule has 0 aromatic rings. The van der Waals surface area contributed by atoms with Crippen LogP contribution < -0.4 is 5.32 Å². The second kappa shape index (κ2) is 5.63. The van der Waals surface area contributed by atoms with Crippen molar-refractivity contribution in [2.24, 2.45) is 0 Å². The van der Waals surface area contributed by atoms with E-state index >= 15 is 0 Å². The first-order valence-electron chi connectivity index (χ1n) is 3.33. The third-order valence-corrected chi connectivity index (χ3v) is 1.14. The van der Waals surface area contributed by atoms with Crippen molar-refractivity contribution in [3.8, 4) is 0 Å². The molecule has 0 aromatic carbocycles. The number of allylic oxidation sites excluding steroid dienone is 1. The lowest BCUT2D eigenvalue weighted by Gasteiger charge is -2.04. The minimum atomic E-state index is 0.254. The van der Waals surface area contributed by atoms with Crippen LogP contribution in [0.4, 0.5) is 0 Å². The molecule has 0 amide bonds. The average Bonchev–Trinajstić information content (AvgIpc) is 1.89. The van der Waals surface area contributed by atoms with E-state index in [1.54, 1.807) is 0 Å². The van der Waals surface area contributed by atoms with Gasteiger partial charge in [-0.25, -0.2) is 0 Å². The summed E-state index contributed by atoms with van der Waals surface area (Å²) in [6.07, 6.45) is 1.77. The maximum Gasteiger partial charge on any atom is 0.0447 e. The fourth-order valence-corrected chi connectivity index (χ4v) is 0.469. The Bertz CT molecular complexity index is 81.0. The van der Waals surface area contributed by atoms with Crippen LogP contribution in [0, 0.1) is 0 Å². The van der Waals surface area contributed by atoms with Crippen molar-refractivity contribution >= 4 is 0 Å². The van der Waals surface area contributed by atoms with Gasteiger partial charge in [-0.2, -0.15) is 0 Å². The second-order valence-corrected chi connectivity index (χ2v) is 1.96. The first-order chi connectivity index (χ1) is 4.31. The quantitative estimate of drug-likeness (QED) is 0.540. The number of hydrogen-bond donors (Lipinski definition) is 2. The molecular weight excluding hydrogens is 114 g/mol. The average molecular weight is 129 g/mol. The van der Waals surface area contributed by atoms with Crippen molar-refractivity contribution in [1.29, 1.82) is 0 Å². The van der Waals surface area contributed by atoms with Crippen LogP contribution in [0.1, 0.15) is 19.8 Å². The van der Waals surface area contributed by atoms with Crippen LogP contribution in [0.15, 0.2) is 12.3 Å². The van der Waals surface area contributed by atoms with E-state index in [1.165, 1.54) is 0 Å². The minimum Gasteiger partial charge on any atom is -0.396 e. The van der Waals surface area contributed by atoms with E-state index < -0.39 is 0 Å². The van der Waals surface area contributed by atoms with E-state index in [0.717, 1.165) is 25.1 Å². The van der Waals surface area contributed by atoms with Gasteiger partial charge in [0.2, 0.25) is 0 Å². The van der Waals surface area contributed by atoms with Gasteiger partial charge in [0, 0.05) is 18.8 Å². The number of nitrogens with one attached hydrogen (secondary N) is 1. The fourth-order valence-electron chi connectivity index (χ4n) is 0.469. The molecule has 0 aliphatic heterocycles. The van der Waals surface area contributed by atoms with Gasteiger partial charge in [0.1, 0.15) is 0 Å². The van der Waals surface area contributed by atoms with Crippen molar-refractivity contribution in [3.05, 3.63) is 12.3 Å². The van der Waals surface area contributed by atoms with Crippen LogP contribution in [0.25, 0.3) is 0 Å². The Labute approximate surface area is 56.6 Å². The molecule has 0 unspecified atom stereocenters. The summed E-state index contributed by atoms with van der Waals surface area (Å²) in [5.74, 6) is 0. The van der Waals surface area contributed by atoms with E-state index in [4.69, 9.17) is 5.11 Å².